The van der Waals surface area contributed by atoms with Gasteiger partial charge in [0.2, 0.25) is 0 Å². The van der Waals surface area contributed by atoms with Gasteiger partial charge in [-0.15, -0.1) is 0 Å². The summed E-state index contributed by atoms with van der Waals surface area (Å²) in [5.74, 6) is 3.67. The molecule has 3 atom stereocenters. The summed E-state index contributed by atoms with van der Waals surface area (Å²) in [7, 11) is 0. The zero-order valence-corrected chi connectivity index (χ0v) is 9.08. The van der Waals surface area contributed by atoms with Crippen LogP contribution >= 0.6 is 0 Å². The van der Waals surface area contributed by atoms with Crippen molar-refractivity contribution in [3.8, 4) is 0 Å². The summed E-state index contributed by atoms with van der Waals surface area (Å²) in [6, 6.07) is 0. The van der Waals surface area contributed by atoms with Crippen LogP contribution in [0.5, 0.6) is 0 Å². The summed E-state index contributed by atoms with van der Waals surface area (Å²) in [5, 5.41) is 0. The van der Waals surface area contributed by atoms with Crippen LogP contribution < -0.4 is 0 Å². The maximum atomic E-state index is 2.59. The van der Waals surface area contributed by atoms with Crippen molar-refractivity contribution in [1.29, 1.82) is 0 Å². The molecule has 2 saturated carbocycles. The Kier molecular flexibility index (Phi) is 2.04. The monoisotopic (exact) mass is 188 g/mol. The van der Waals surface area contributed by atoms with Crippen LogP contribution in [0.4, 0.5) is 0 Å². The summed E-state index contributed by atoms with van der Waals surface area (Å²) in [4.78, 5) is 0. The van der Waals surface area contributed by atoms with E-state index in [1.54, 1.807) is 5.57 Å². The molecule has 14 heavy (non-hydrogen) atoms. The maximum Gasteiger partial charge on any atom is -0.0130 e. The average molecular weight is 188 g/mol. The van der Waals surface area contributed by atoms with Gasteiger partial charge in [0.1, 0.15) is 0 Å². The highest BCUT2D eigenvalue weighted by atomic mass is 14.5. The minimum Gasteiger partial charge on any atom is -0.0803 e. The van der Waals surface area contributed by atoms with E-state index in [2.05, 4.69) is 25.2 Å². The van der Waals surface area contributed by atoms with E-state index in [9.17, 15) is 0 Å². The first kappa shape index (κ1) is 8.76. The molecule has 0 nitrogen and oxygen atoms in total. The van der Waals surface area contributed by atoms with Gasteiger partial charge < -0.3 is 0 Å². The first-order chi connectivity index (χ1) is 6.86. The first-order valence-corrected chi connectivity index (χ1v) is 6.26. The van der Waals surface area contributed by atoms with Crippen LogP contribution in [0.3, 0.4) is 0 Å². The van der Waals surface area contributed by atoms with E-state index in [1.165, 1.54) is 32.1 Å². The smallest absolute Gasteiger partial charge is 0.0130 e. The zero-order chi connectivity index (χ0) is 9.54. The van der Waals surface area contributed by atoms with Crippen LogP contribution in [0.2, 0.25) is 0 Å². The minimum absolute atomic E-state index is 0.905. The van der Waals surface area contributed by atoms with E-state index < -0.39 is 0 Å². The number of allylic oxidation sites excluding steroid dienone is 4. The van der Waals surface area contributed by atoms with Gasteiger partial charge >= 0.3 is 0 Å². The van der Waals surface area contributed by atoms with E-state index >= 15 is 0 Å². The van der Waals surface area contributed by atoms with E-state index in [0.717, 1.165) is 23.7 Å². The third-order valence-electron chi connectivity index (χ3n) is 4.49. The van der Waals surface area contributed by atoms with Crippen molar-refractivity contribution >= 4 is 0 Å². The third kappa shape index (κ3) is 1.36. The topological polar surface area (TPSA) is 0 Å². The van der Waals surface area contributed by atoms with Gasteiger partial charge in [-0.2, -0.15) is 0 Å². The molecule has 0 aliphatic heterocycles. The van der Waals surface area contributed by atoms with Crippen LogP contribution in [0, 0.1) is 23.7 Å². The molecular formula is C14H20. The third-order valence-corrected chi connectivity index (χ3v) is 4.49. The number of rotatable bonds is 1. The molecule has 0 heterocycles. The van der Waals surface area contributed by atoms with E-state index in [4.69, 9.17) is 0 Å². The summed E-state index contributed by atoms with van der Waals surface area (Å²) in [5.41, 5.74) is 1.68. The van der Waals surface area contributed by atoms with Crippen LogP contribution in [0.1, 0.15) is 39.0 Å². The van der Waals surface area contributed by atoms with Gasteiger partial charge in [-0.05, 0) is 42.1 Å². The van der Waals surface area contributed by atoms with Gasteiger partial charge in [0, 0.05) is 0 Å². The highest BCUT2D eigenvalue weighted by Gasteiger charge is 2.44. The lowest BCUT2D eigenvalue weighted by Gasteiger charge is -2.23. The van der Waals surface area contributed by atoms with Crippen molar-refractivity contribution in [2.45, 2.75) is 39.0 Å². The maximum absolute atomic E-state index is 2.59. The molecule has 0 N–H and O–H groups in total. The first-order valence-electron chi connectivity index (χ1n) is 6.26. The normalized spacial score (nSPS) is 41.8. The summed E-state index contributed by atoms with van der Waals surface area (Å²) in [6.07, 6.45) is 14.8. The Balaban J connectivity index is 1.73. The van der Waals surface area contributed by atoms with Crippen LogP contribution in [0.25, 0.3) is 0 Å². The molecule has 0 aromatic carbocycles. The standard InChI is InChI=1S/C14H20/c1-10-13-8-7-12(9-14(10)13)11-5-3-2-4-6-11/h7-11,13-14H,2-6H2,1H3. The van der Waals surface area contributed by atoms with Gasteiger partial charge in [0.25, 0.3) is 0 Å². The van der Waals surface area contributed by atoms with Crippen LogP contribution in [-0.4, -0.2) is 0 Å². The molecule has 76 valence electrons. The molecule has 0 radical (unpaired) electrons. The molecule has 0 bridgehead atoms. The molecule has 3 rings (SSSR count). The van der Waals surface area contributed by atoms with E-state index in [-0.39, 0.29) is 0 Å². The fourth-order valence-electron chi connectivity index (χ4n) is 3.30. The van der Waals surface area contributed by atoms with Crippen LogP contribution in [0.15, 0.2) is 23.8 Å². The van der Waals surface area contributed by atoms with Crippen LogP contribution in [-0.2, 0) is 0 Å². The summed E-state index contributed by atoms with van der Waals surface area (Å²) < 4.78 is 0. The molecule has 3 unspecified atom stereocenters. The Morgan fingerprint density at radius 2 is 1.86 bits per heavy atom. The lowest BCUT2D eigenvalue weighted by molar-refractivity contribution is 0.406. The van der Waals surface area contributed by atoms with Gasteiger partial charge in [-0.3, -0.25) is 0 Å². The lowest BCUT2D eigenvalue weighted by atomic mass is 9.82. The number of fused-ring (bicyclic) bond motifs is 1. The molecule has 3 aliphatic rings. The summed E-state index contributed by atoms with van der Waals surface area (Å²) >= 11 is 0. The molecule has 0 aromatic rings. The quantitative estimate of drug-likeness (QED) is 0.584. The predicted molar refractivity (Wildman–Crippen MR) is 59.9 cm³/mol. The van der Waals surface area contributed by atoms with Gasteiger partial charge in [0.05, 0.1) is 0 Å². The second kappa shape index (κ2) is 3.25. The van der Waals surface area contributed by atoms with Crippen molar-refractivity contribution in [3.63, 3.8) is 0 Å². The average Bonchev–Trinajstić information content (AvgIpc) is 2.91. The summed E-state index contributed by atoms with van der Waals surface area (Å²) in [6.45, 7) is 2.39. The second-order valence-corrected chi connectivity index (χ2v) is 5.37. The van der Waals surface area contributed by atoms with Crippen molar-refractivity contribution in [2.24, 2.45) is 23.7 Å². The van der Waals surface area contributed by atoms with Crippen molar-refractivity contribution in [3.05, 3.63) is 23.8 Å². The predicted octanol–water partition coefficient (Wildman–Crippen LogP) is 3.95. The Bertz CT molecular complexity index is 278. The molecule has 0 amide bonds. The van der Waals surface area contributed by atoms with Gasteiger partial charge in [-0.25, -0.2) is 0 Å². The van der Waals surface area contributed by atoms with Crippen molar-refractivity contribution in [2.75, 3.05) is 0 Å². The second-order valence-electron chi connectivity index (χ2n) is 5.37. The molecule has 3 aliphatic carbocycles. The van der Waals surface area contributed by atoms with Gasteiger partial charge in [0.15, 0.2) is 0 Å². The number of hydrogen-bond donors (Lipinski definition) is 0. The largest absolute Gasteiger partial charge is 0.0803 e. The Morgan fingerprint density at radius 1 is 1.07 bits per heavy atom. The lowest BCUT2D eigenvalue weighted by Crippen LogP contribution is -2.09. The molecular weight excluding hydrogens is 168 g/mol. The fourth-order valence-corrected chi connectivity index (χ4v) is 3.30. The molecule has 0 aromatic heterocycles. The molecule has 2 fully saturated rings. The highest BCUT2D eigenvalue weighted by molar-refractivity contribution is 5.34. The number of hydrogen-bond acceptors (Lipinski definition) is 0. The fraction of sp³-hybridized carbons (Fsp3) is 0.714. The SMILES string of the molecule is CC1C2C=CC(C3CCCCC3)=CC12. The van der Waals surface area contributed by atoms with Crippen molar-refractivity contribution < 1.29 is 0 Å². The van der Waals surface area contributed by atoms with Gasteiger partial charge in [-0.1, -0.05) is 44.4 Å². The Morgan fingerprint density at radius 3 is 2.57 bits per heavy atom. The van der Waals surface area contributed by atoms with Crippen molar-refractivity contribution in [1.82, 2.24) is 0 Å². The Hall–Kier alpha value is -0.520. The molecule has 0 heteroatoms. The zero-order valence-electron chi connectivity index (χ0n) is 9.08. The highest BCUT2D eigenvalue weighted by Crippen LogP contribution is 2.52. The molecule has 0 saturated heterocycles. The molecule has 0 spiro atoms. The Labute approximate surface area is 87.1 Å². The van der Waals surface area contributed by atoms with E-state index in [1.807, 2.05) is 0 Å². The minimum atomic E-state index is 0.905. The van der Waals surface area contributed by atoms with E-state index in [0.29, 0.717) is 0 Å².